The molecule has 0 aliphatic carbocycles. The Labute approximate surface area is 163 Å². The zero-order valence-corrected chi connectivity index (χ0v) is 18.9. The first kappa shape index (κ1) is 26.0. The van der Waals surface area contributed by atoms with Crippen LogP contribution in [0.2, 0.25) is 0 Å². The molecule has 0 bridgehead atoms. The van der Waals surface area contributed by atoms with E-state index in [1.807, 2.05) is 0 Å². The summed E-state index contributed by atoms with van der Waals surface area (Å²) in [6, 6.07) is 0. The molecule has 6 heteroatoms. The second kappa shape index (κ2) is 19.8. The lowest BCUT2D eigenvalue weighted by molar-refractivity contribution is -0.271. The summed E-state index contributed by atoms with van der Waals surface area (Å²) in [5, 5.41) is 0. The Balaban J connectivity index is 3.68. The molecule has 0 radical (unpaired) electrons. The summed E-state index contributed by atoms with van der Waals surface area (Å²) >= 11 is 0. The second-order valence-electron chi connectivity index (χ2n) is 6.90. The monoisotopic (exact) mass is 392 g/mol. The predicted octanol–water partition coefficient (Wildman–Crippen LogP) is 6.18. The zero-order valence-electron chi connectivity index (χ0n) is 17.9. The zero-order chi connectivity index (χ0) is 19.3. The summed E-state index contributed by atoms with van der Waals surface area (Å²) < 4.78 is 21.9. The van der Waals surface area contributed by atoms with Crippen molar-refractivity contribution in [1.82, 2.24) is 0 Å². The molecule has 0 unspecified atom stereocenters. The third-order valence-corrected chi connectivity index (χ3v) is 6.40. The van der Waals surface area contributed by atoms with E-state index in [0.717, 1.165) is 12.8 Å². The maximum Gasteiger partial charge on any atom is 0.707 e. The minimum atomic E-state index is -3.13. The van der Waals surface area contributed by atoms with Crippen LogP contribution in [0.3, 0.4) is 0 Å². The van der Waals surface area contributed by atoms with E-state index in [-0.39, 0.29) is 0 Å². The molecular formula is C20H44O5Si. The van der Waals surface area contributed by atoms with E-state index < -0.39 is 9.05 Å². The van der Waals surface area contributed by atoms with Gasteiger partial charge in [-0.1, -0.05) is 90.9 Å². The minimum Gasteiger partial charge on any atom is -0.353 e. The van der Waals surface area contributed by atoms with Gasteiger partial charge in [-0.3, -0.25) is 0 Å². The van der Waals surface area contributed by atoms with Gasteiger partial charge in [0.05, 0.1) is 6.61 Å². The van der Waals surface area contributed by atoms with Gasteiger partial charge in [0, 0.05) is 20.8 Å². The average Bonchev–Trinajstić information content (AvgIpc) is 2.67. The van der Waals surface area contributed by atoms with Crippen molar-refractivity contribution in [2.24, 2.45) is 0 Å². The fourth-order valence-corrected chi connectivity index (χ4v) is 3.99. The average molecular weight is 393 g/mol. The Hall–Kier alpha value is 0.0169. The summed E-state index contributed by atoms with van der Waals surface area (Å²) in [5.41, 5.74) is 0. The van der Waals surface area contributed by atoms with Gasteiger partial charge in [0.25, 0.3) is 0 Å². The Morgan fingerprint density at radius 3 is 1.42 bits per heavy atom. The summed E-state index contributed by atoms with van der Waals surface area (Å²) in [4.78, 5) is 5.32. The van der Waals surface area contributed by atoms with Crippen LogP contribution in [0.15, 0.2) is 0 Å². The van der Waals surface area contributed by atoms with Gasteiger partial charge in [-0.05, 0) is 12.8 Å². The van der Waals surface area contributed by atoms with Crippen LogP contribution in [0.25, 0.3) is 0 Å². The van der Waals surface area contributed by atoms with Crippen molar-refractivity contribution < 1.29 is 22.7 Å². The summed E-state index contributed by atoms with van der Waals surface area (Å²) in [6.07, 6.45) is 17.4. The molecular weight excluding hydrogens is 348 g/mol. The van der Waals surface area contributed by atoms with E-state index in [1.54, 1.807) is 14.2 Å². The maximum absolute atomic E-state index is 5.78. The van der Waals surface area contributed by atoms with Gasteiger partial charge < -0.3 is 13.3 Å². The predicted molar refractivity (Wildman–Crippen MR) is 109 cm³/mol. The highest BCUT2D eigenvalue weighted by Gasteiger charge is 2.45. The molecule has 0 aromatic rings. The number of hydrogen-bond acceptors (Lipinski definition) is 5. The highest BCUT2D eigenvalue weighted by molar-refractivity contribution is 6.53. The smallest absolute Gasteiger partial charge is 0.353 e. The van der Waals surface area contributed by atoms with Crippen molar-refractivity contribution in [3.63, 3.8) is 0 Å². The molecule has 0 aromatic carbocycles. The lowest BCUT2D eigenvalue weighted by Gasteiger charge is -2.23. The number of rotatable bonds is 21. The van der Waals surface area contributed by atoms with Crippen molar-refractivity contribution in [1.29, 1.82) is 0 Å². The van der Waals surface area contributed by atoms with Crippen LogP contribution < -0.4 is 0 Å². The third kappa shape index (κ3) is 15.1. The Kier molecular flexibility index (Phi) is 19.8. The lowest BCUT2D eigenvalue weighted by Crippen LogP contribution is -2.47. The molecule has 0 saturated heterocycles. The molecule has 0 rings (SSSR count). The van der Waals surface area contributed by atoms with Crippen molar-refractivity contribution >= 4 is 9.05 Å². The molecule has 0 amide bonds. The number of unbranched alkanes of at least 4 members (excludes halogenated alkanes) is 12. The van der Waals surface area contributed by atoms with Crippen molar-refractivity contribution in [3.05, 3.63) is 0 Å². The fraction of sp³-hybridized carbons (Fsp3) is 1.00. The van der Waals surface area contributed by atoms with Gasteiger partial charge in [-0.15, -0.1) is 0 Å². The molecule has 0 aromatic heterocycles. The summed E-state index contributed by atoms with van der Waals surface area (Å²) in [5.74, 6) is 0. The standard InChI is InChI=1S/C20H44O5Si/c1-5-7-9-11-13-15-17-19-23-25-26(21-3,22-4)24-20-18-16-14-12-10-8-6-2/h5-20H2,1-4H3. The minimum absolute atomic E-state index is 0.552. The van der Waals surface area contributed by atoms with Crippen molar-refractivity contribution in [2.45, 2.75) is 104 Å². The van der Waals surface area contributed by atoms with Crippen LogP contribution in [-0.2, 0) is 22.7 Å². The van der Waals surface area contributed by atoms with E-state index >= 15 is 0 Å². The topological polar surface area (TPSA) is 46.2 Å². The summed E-state index contributed by atoms with van der Waals surface area (Å²) in [7, 11) is -0.0267. The molecule has 0 heterocycles. The SMILES string of the molecule is CCCCCCCCCOO[Si](OC)(OC)OCCCCCCCCC. The first-order valence-corrected chi connectivity index (χ1v) is 12.4. The van der Waals surface area contributed by atoms with Gasteiger partial charge in [0.1, 0.15) is 0 Å². The van der Waals surface area contributed by atoms with Gasteiger partial charge >= 0.3 is 9.05 Å². The lowest BCUT2D eigenvalue weighted by atomic mass is 10.1. The van der Waals surface area contributed by atoms with E-state index in [4.69, 9.17) is 22.7 Å². The fourth-order valence-electron chi connectivity index (χ4n) is 2.78. The molecule has 0 saturated carbocycles. The van der Waals surface area contributed by atoms with Crippen molar-refractivity contribution in [3.8, 4) is 0 Å². The molecule has 0 aliphatic rings. The van der Waals surface area contributed by atoms with E-state index in [0.29, 0.717) is 13.2 Å². The maximum atomic E-state index is 5.78. The number of hydrogen-bond donors (Lipinski definition) is 0. The molecule has 0 atom stereocenters. The van der Waals surface area contributed by atoms with Gasteiger partial charge in [0.15, 0.2) is 0 Å². The van der Waals surface area contributed by atoms with Gasteiger partial charge in [-0.2, -0.15) is 4.58 Å². The first-order chi connectivity index (χ1) is 12.7. The van der Waals surface area contributed by atoms with Crippen LogP contribution in [0.5, 0.6) is 0 Å². The van der Waals surface area contributed by atoms with Crippen LogP contribution in [-0.4, -0.2) is 36.5 Å². The van der Waals surface area contributed by atoms with Crippen molar-refractivity contribution in [2.75, 3.05) is 27.4 Å². The quantitative estimate of drug-likeness (QED) is 0.101. The Bertz CT molecular complexity index is 275. The van der Waals surface area contributed by atoms with E-state index in [2.05, 4.69) is 13.8 Å². The summed E-state index contributed by atoms with van der Waals surface area (Å²) in [6.45, 7) is 5.62. The molecule has 0 N–H and O–H groups in total. The molecule has 5 nitrogen and oxygen atoms in total. The molecule has 0 spiro atoms. The van der Waals surface area contributed by atoms with Gasteiger partial charge in [-0.25, -0.2) is 4.89 Å². The molecule has 0 aliphatic heterocycles. The molecule has 158 valence electrons. The Morgan fingerprint density at radius 1 is 0.538 bits per heavy atom. The van der Waals surface area contributed by atoms with Crippen LogP contribution in [0.4, 0.5) is 0 Å². The van der Waals surface area contributed by atoms with E-state index in [1.165, 1.54) is 77.0 Å². The van der Waals surface area contributed by atoms with Gasteiger partial charge in [0.2, 0.25) is 0 Å². The largest absolute Gasteiger partial charge is 0.707 e. The highest BCUT2D eigenvalue weighted by Crippen LogP contribution is 2.14. The second-order valence-corrected chi connectivity index (χ2v) is 9.18. The van der Waals surface area contributed by atoms with Crippen LogP contribution in [0, 0.1) is 0 Å². The molecule has 26 heavy (non-hydrogen) atoms. The van der Waals surface area contributed by atoms with E-state index in [9.17, 15) is 0 Å². The Morgan fingerprint density at radius 2 is 0.962 bits per heavy atom. The highest BCUT2D eigenvalue weighted by atomic mass is 28.4. The third-order valence-electron chi connectivity index (χ3n) is 4.52. The van der Waals surface area contributed by atoms with Crippen LogP contribution in [0.1, 0.15) is 104 Å². The normalized spacial score (nSPS) is 12.0. The first-order valence-electron chi connectivity index (χ1n) is 10.8. The molecule has 0 fully saturated rings. The van der Waals surface area contributed by atoms with Crippen LogP contribution >= 0.6 is 0 Å².